The molecule has 0 aliphatic carbocycles. The fourth-order valence-electron chi connectivity index (χ4n) is 1.96. The summed E-state index contributed by atoms with van der Waals surface area (Å²) in [4.78, 5) is 4.34. The lowest BCUT2D eigenvalue weighted by atomic mass is 9.94. The number of aromatic nitrogens is 2. The minimum atomic E-state index is 0.214. The number of piperidine rings is 1. The van der Waals surface area contributed by atoms with Crippen LogP contribution in [0.5, 0.6) is 0 Å². The molecule has 5 nitrogen and oxygen atoms in total. The van der Waals surface area contributed by atoms with Gasteiger partial charge in [0.25, 0.3) is 0 Å². The molecule has 90 valence electrons. The summed E-state index contributed by atoms with van der Waals surface area (Å²) in [7, 11) is 0. The van der Waals surface area contributed by atoms with E-state index in [-0.39, 0.29) is 6.04 Å². The van der Waals surface area contributed by atoms with E-state index < -0.39 is 0 Å². The molecule has 0 amide bonds. The smallest absolute Gasteiger partial charge is 0.243 e. The minimum Gasteiger partial charge on any atom is -0.374 e. The fraction of sp³-hybridized carbons (Fsp3) is 0.818. The summed E-state index contributed by atoms with van der Waals surface area (Å²) in [6, 6.07) is 0.214. The van der Waals surface area contributed by atoms with Crippen LogP contribution in [-0.2, 0) is 11.3 Å². The van der Waals surface area contributed by atoms with E-state index >= 15 is 0 Å². The summed E-state index contributed by atoms with van der Waals surface area (Å²) in [6.07, 6.45) is 2.28. The third kappa shape index (κ3) is 2.80. The van der Waals surface area contributed by atoms with Crippen LogP contribution >= 0.6 is 0 Å². The Morgan fingerprint density at radius 2 is 2.44 bits per heavy atom. The average molecular weight is 225 g/mol. The summed E-state index contributed by atoms with van der Waals surface area (Å²) < 4.78 is 10.5. The van der Waals surface area contributed by atoms with E-state index in [9.17, 15) is 0 Å². The van der Waals surface area contributed by atoms with Crippen LogP contribution in [0.25, 0.3) is 0 Å². The van der Waals surface area contributed by atoms with Gasteiger partial charge in [0.15, 0.2) is 5.82 Å². The Bertz CT molecular complexity index is 327. The quantitative estimate of drug-likeness (QED) is 0.844. The molecule has 1 fully saturated rings. The van der Waals surface area contributed by atoms with Crippen molar-refractivity contribution in [3.8, 4) is 0 Å². The van der Waals surface area contributed by atoms with Gasteiger partial charge < -0.3 is 14.6 Å². The number of rotatable bonds is 4. The van der Waals surface area contributed by atoms with Gasteiger partial charge in [-0.2, -0.15) is 4.98 Å². The molecule has 2 heterocycles. The molecule has 1 aromatic heterocycles. The van der Waals surface area contributed by atoms with Gasteiger partial charge in [-0.05, 0) is 32.2 Å². The number of nitrogens with one attached hydrogen (secondary N) is 1. The highest BCUT2D eigenvalue weighted by molar-refractivity contribution is 4.94. The van der Waals surface area contributed by atoms with Gasteiger partial charge in [0, 0.05) is 6.61 Å². The van der Waals surface area contributed by atoms with Crippen molar-refractivity contribution < 1.29 is 9.26 Å². The molecule has 0 aromatic carbocycles. The summed E-state index contributed by atoms with van der Waals surface area (Å²) in [6.45, 7) is 6.33. The summed E-state index contributed by atoms with van der Waals surface area (Å²) in [5, 5.41) is 7.30. The van der Waals surface area contributed by atoms with Gasteiger partial charge in [-0.25, -0.2) is 0 Å². The molecule has 16 heavy (non-hydrogen) atoms. The zero-order chi connectivity index (χ0) is 11.4. The average Bonchev–Trinajstić information content (AvgIpc) is 2.75. The van der Waals surface area contributed by atoms with E-state index in [0.717, 1.165) is 13.0 Å². The van der Waals surface area contributed by atoms with Gasteiger partial charge >= 0.3 is 0 Å². The van der Waals surface area contributed by atoms with Crippen LogP contribution in [0.15, 0.2) is 4.52 Å². The lowest BCUT2D eigenvalue weighted by Gasteiger charge is -2.25. The molecule has 1 aliphatic rings. The van der Waals surface area contributed by atoms with Crippen LogP contribution in [0.3, 0.4) is 0 Å². The summed E-state index contributed by atoms with van der Waals surface area (Å²) in [5.41, 5.74) is 0. The fourth-order valence-corrected chi connectivity index (χ4v) is 1.96. The van der Waals surface area contributed by atoms with Crippen LogP contribution in [0.1, 0.15) is 44.4 Å². The highest BCUT2D eigenvalue weighted by Gasteiger charge is 2.24. The van der Waals surface area contributed by atoms with Crippen LogP contribution in [-0.4, -0.2) is 23.3 Å². The van der Waals surface area contributed by atoms with E-state index in [2.05, 4.69) is 22.4 Å². The molecule has 1 aliphatic heterocycles. The molecule has 1 N–H and O–H groups in total. The van der Waals surface area contributed by atoms with E-state index in [4.69, 9.17) is 9.26 Å². The predicted octanol–water partition coefficient (Wildman–Crippen LogP) is 1.67. The minimum absolute atomic E-state index is 0.214. The first-order valence-electron chi connectivity index (χ1n) is 5.93. The molecule has 0 radical (unpaired) electrons. The van der Waals surface area contributed by atoms with Crippen molar-refractivity contribution >= 4 is 0 Å². The molecule has 2 atom stereocenters. The first-order chi connectivity index (χ1) is 7.79. The van der Waals surface area contributed by atoms with Crippen LogP contribution in [0, 0.1) is 5.92 Å². The van der Waals surface area contributed by atoms with Crippen molar-refractivity contribution in [1.29, 1.82) is 0 Å². The number of ether oxygens (including phenoxy) is 1. The Balaban J connectivity index is 1.95. The molecular weight excluding hydrogens is 206 g/mol. The highest BCUT2D eigenvalue weighted by Crippen LogP contribution is 2.25. The third-order valence-electron chi connectivity index (χ3n) is 2.88. The van der Waals surface area contributed by atoms with E-state index in [1.165, 1.54) is 6.42 Å². The van der Waals surface area contributed by atoms with Crippen LogP contribution < -0.4 is 5.32 Å². The van der Waals surface area contributed by atoms with Gasteiger partial charge in [0.2, 0.25) is 5.89 Å². The second kappa shape index (κ2) is 5.41. The molecule has 2 rings (SSSR count). The van der Waals surface area contributed by atoms with Gasteiger partial charge in [-0.15, -0.1) is 0 Å². The SMILES string of the molecule is CCOCc1noc(C2CC(C)CCN2)n1. The Kier molecular flexibility index (Phi) is 3.90. The first-order valence-corrected chi connectivity index (χ1v) is 5.93. The second-order valence-corrected chi connectivity index (χ2v) is 4.32. The zero-order valence-corrected chi connectivity index (χ0v) is 9.90. The zero-order valence-electron chi connectivity index (χ0n) is 9.90. The molecule has 5 heteroatoms. The van der Waals surface area contributed by atoms with E-state index in [1.807, 2.05) is 6.92 Å². The van der Waals surface area contributed by atoms with Crippen molar-refractivity contribution in [2.24, 2.45) is 5.92 Å². The van der Waals surface area contributed by atoms with Crippen molar-refractivity contribution in [1.82, 2.24) is 15.5 Å². The maximum atomic E-state index is 5.25. The molecule has 1 saturated heterocycles. The van der Waals surface area contributed by atoms with Crippen molar-refractivity contribution in [3.63, 3.8) is 0 Å². The predicted molar refractivity (Wildman–Crippen MR) is 58.8 cm³/mol. The van der Waals surface area contributed by atoms with Crippen molar-refractivity contribution in [3.05, 3.63) is 11.7 Å². The highest BCUT2D eigenvalue weighted by atomic mass is 16.5. The summed E-state index contributed by atoms with van der Waals surface area (Å²) >= 11 is 0. The molecule has 0 spiro atoms. The standard InChI is InChI=1S/C11H19N3O2/c1-3-15-7-10-13-11(16-14-10)9-6-8(2)4-5-12-9/h8-9,12H,3-7H2,1-2H3. The van der Waals surface area contributed by atoms with Gasteiger partial charge in [0.05, 0.1) is 6.04 Å². The lowest BCUT2D eigenvalue weighted by Crippen LogP contribution is -2.30. The topological polar surface area (TPSA) is 60.2 Å². The van der Waals surface area contributed by atoms with Crippen molar-refractivity contribution in [2.75, 3.05) is 13.2 Å². The summed E-state index contributed by atoms with van der Waals surface area (Å²) in [5.74, 6) is 2.05. The third-order valence-corrected chi connectivity index (χ3v) is 2.88. The second-order valence-electron chi connectivity index (χ2n) is 4.32. The Labute approximate surface area is 95.6 Å². The van der Waals surface area contributed by atoms with E-state index in [1.54, 1.807) is 0 Å². The van der Waals surface area contributed by atoms with Gasteiger partial charge in [-0.3, -0.25) is 0 Å². The largest absolute Gasteiger partial charge is 0.374 e. The maximum absolute atomic E-state index is 5.25. The van der Waals surface area contributed by atoms with Crippen LogP contribution in [0.2, 0.25) is 0 Å². The Morgan fingerprint density at radius 1 is 1.56 bits per heavy atom. The number of hydrogen-bond acceptors (Lipinski definition) is 5. The van der Waals surface area contributed by atoms with E-state index in [0.29, 0.717) is 30.8 Å². The molecular formula is C11H19N3O2. The maximum Gasteiger partial charge on any atom is 0.243 e. The molecule has 0 saturated carbocycles. The monoisotopic (exact) mass is 225 g/mol. The van der Waals surface area contributed by atoms with Gasteiger partial charge in [-0.1, -0.05) is 12.1 Å². The number of hydrogen-bond donors (Lipinski definition) is 1. The Morgan fingerprint density at radius 3 is 3.19 bits per heavy atom. The lowest BCUT2D eigenvalue weighted by molar-refractivity contribution is 0.126. The normalized spacial score (nSPS) is 25.9. The van der Waals surface area contributed by atoms with Crippen molar-refractivity contribution in [2.45, 2.75) is 39.3 Å². The first kappa shape index (κ1) is 11.5. The number of nitrogens with zero attached hydrogens (tertiary/aromatic N) is 2. The molecule has 1 aromatic rings. The molecule has 2 unspecified atom stereocenters. The van der Waals surface area contributed by atoms with Gasteiger partial charge in [0.1, 0.15) is 6.61 Å². The Hall–Kier alpha value is -0.940. The van der Waals surface area contributed by atoms with Crippen LogP contribution in [0.4, 0.5) is 0 Å². The molecule has 0 bridgehead atoms.